The van der Waals surface area contributed by atoms with Crippen LogP contribution in [0.15, 0.2) is 65.6 Å². The van der Waals surface area contributed by atoms with E-state index in [1.165, 1.54) is 18.2 Å². The van der Waals surface area contributed by atoms with Crippen molar-refractivity contribution >= 4 is 44.9 Å². The first-order chi connectivity index (χ1) is 19.8. The number of benzene rings is 3. The summed E-state index contributed by atoms with van der Waals surface area (Å²) in [5.74, 6) is -0.399. The molecule has 0 bridgehead atoms. The standard InChI is InChI=1S/C30H27ClF4N2O4S/c1-19(29-24(31)7-3-8-25(29)32)15-20-9-11-27-26(16-20)37(18-22(41-27)10-12-28(38)36-13-4-14-36)42(39,40)23-6-2-5-21(17-23)30(33,34)35/h2-3,5-9,11,15-17,22H,4,10,12-14,18H2,1H3/b19-15+/t22-/m0/s1. The monoisotopic (exact) mass is 622 g/mol. The molecular formula is C30H27ClF4N2O4S. The molecule has 2 aliphatic heterocycles. The number of amides is 1. The van der Waals surface area contributed by atoms with Crippen LogP contribution >= 0.6 is 11.6 Å². The molecule has 0 spiro atoms. The van der Waals surface area contributed by atoms with E-state index in [0.717, 1.165) is 28.9 Å². The molecule has 1 atom stereocenters. The lowest BCUT2D eigenvalue weighted by Crippen LogP contribution is -2.45. The summed E-state index contributed by atoms with van der Waals surface area (Å²) in [5.41, 5.74) is 0.171. The lowest BCUT2D eigenvalue weighted by atomic mass is 10.0. The van der Waals surface area contributed by atoms with Gasteiger partial charge in [0.05, 0.1) is 27.7 Å². The van der Waals surface area contributed by atoms with Crippen LogP contribution < -0.4 is 9.04 Å². The van der Waals surface area contributed by atoms with Crippen LogP contribution in [0.1, 0.15) is 42.9 Å². The van der Waals surface area contributed by atoms with E-state index in [2.05, 4.69) is 0 Å². The van der Waals surface area contributed by atoms with Crippen molar-refractivity contribution < 1.29 is 35.5 Å². The Hall–Kier alpha value is -3.57. The molecule has 42 heavy (non-hydrogen) atoms. The molecule has 0 saturated carbocycles. The maximum atomic E-state index is 14.5. The van der Waals surface area contributed by atoms with Crippen molar-refractivity contribution in [3.8, 4) is 5.75 Å². The number of nitrogens with zero attached hydrogens (tertiary/aromatic N) is 2. The summed E-state index contributed by atoms with van der Waals surface area (Å²) in [6.07, 6.45) is -2.54. The van der Waals surface area contributed by atoms with E-state index in [0.29, 0.717) is 30.3 Å². The number of rotatable bonds is 7. The third-order valence-corrected chi connectivity index (χ3v) is 9.38. The zero-order valence-corrected chi connectivity index (χ0v) is 24.1. The number of ether oxygens (including phenoxy) is 1. The van der Waals surface area contributed by atoms with Gasteiger partial charge in [-0.3, -0.25) is 9.10 Å². The highest BCUT2D eigenvalue weighted by Gasteiger charge is 2.37. The van der Waals surface area contributed by atoms with Gasteiger partial charge in [-0.25, -0.2) is 12.8 Å². The molecule has 2 aliphatic rings. The molecule has 2 heterocycles. The first-order valence-electron chi connectivity index (χ1n) is 13.3. The molecule has 0 aliphatic carbocycles. The minimum atomic E-state index is -4.74. The van der Waals surface area contributed by atoms with E-state index < -0.39 is 38.6 Å². The molecule has 222 valence electrons. The minimum Gasteiger partial charge on any atom is -0.486 e. The number of alkyl halides is 3. The minimum absolute atomic E-state index is 0.0642. The number of likely N-dealkylation sites (tertiary alicyclic amines) is 1. The second-order valence-electron chi connectivity index (χ2n) is 10.2. The maximum absolute atomic E-state index is 14.5. The molecule has 3 aromatic rings. The Labute approximate surface area is 246 Å². The molecule has 12 heteroatoms. The van der Waals surface area contributed by atoms with Gasteiger partial charge in [0.15, 0.2) is 0 Å². The molecular weight excluding hydrogens is 596 g/mol. The number of anilines is 1. The van der Waals surface area contributed by atoms with Gasteiger partial charge in [-0.05, 0) is 73.4 Å². The fourth-order valence-electron chi connectivity index (χ4n) is 4.96. The van der Waals surface area contributed by atoms with Crippen molar-refractivity contribution in [3.05, 3.63) is 88.2 Å². The Morgan fingerprint density at radius 1 is 1.10 bits per heavy atom. The van der Waals surface area contributed by atoms with Gasteiger partial charge in [-0.15, -0.1) is 0 Å². The van der Waals surface area contributed by atoms with Crippen LogP contribution in [0.2, 0.25) is 5.02 Å². The van der Waals surface area contributed by atoms with Crippen LogP contribution in [0.5, 0.6) is 5.75 Å². The average Bonchev–Trinajstić information content (AvgIpc) is 2.90. The molecule has 6 nitrogen and oxygen atoms in total. The van der Waals surface area contributed by atoms with Crippen molar-refractivity contribution in [2.45, 2.75) is 43.4 Å². The maximum Gasteiger partial charge on any atom is 0.416 e. The van der Waals surface area contributed by atoms with Crippen LogP contribution in [-0.4, -0.2) is 45.0 Å². The lowest BCUT2D eigenvalue weighted by Gasteiger charge is -2.36. The summed E-state index contributed by atoms with van der Waals surface area (Å²) in [7, 11) is -4.49. The number of carbonyl (C=O) groups is 1. The SMILES string of the molecule is C/C(=C\c1ccc2c(c1)N(S(=O)(=O)c1cccc(C(F)(F)F)c1)C[C@H](CCC(=O)N1CCC1)O2)c1c(F)cccc1Cl. The number of carbonyl (C=O) groups excluding carboxylic acids is 1. The third kappa shape index (κ3) is 6.12. The molecule has 3 aromatic carbocycles. The topological polar surface area (TPSA) is 66.9 Å². The summed E-state index contributed by atoms with van der Waals surface area (Å²) in [5, 5.41) is 0.203. The van der Waals surface area contributed by atoms with Gasteiger partial charge in [-0.1, -0.05) is 35.9 Å². The lowest BCUT2D eigenvalue weighted by molar-refractivity contribution is -0.138. The Bertz CT molecular complexity index is 1630. The summed E-state index contributed by atoms with van der Waals surface area (Å²) < 4.78 is 89.7. The van der Waals surface area contributed by atoms with E-state index in [4.69, 9.17) is 16.3 Å². The Balaban J connectivity index is 1.53. The average molecular weight is 623 g/mol. The van der Waals surface area contributed by atoms with Gasteiger partial charge >= 0.3 is 6.18 Å². The second kappa shape index (κ2) is 11.6. The second-order valence-corrected chi connectivity index (χ2v) is 12.5. The first kappa shape index (κ1) is 29.9. The fourth-order valence-corrected chi connectivity index (χ4v) is 6.82. The molecule has 1 saturated heterocycles. The zero-order valence-electron chi connectivity index (χ0n) is 22.5. The van der Waals surface area contributed by atoms with Crippen LogP contribution in [0.4, 0.5) is 23.2 Å². The highest BCUT2D eigenvalue weighted by molar-refractivity contribution is 7.92. The van der Waals surface area contributed by atoms with Gasteiger partial charge in [0.2, 0.25) is 5.91 Å². The summed E-state index contributed by atoms with van der Waals surface area (Å²) in [6, 6.07) is 12.6. The highest BCUT2D eigenvalue weighted by atomic mass is 35.5. The largest absolute Gasteiger partial charge is 0.486 e. The Kier molecular flexibility index (Phi) is 8.26. The van der Waals surface area contributed by atoms with Crippen molar-refractivity contribution in [1.82, 2.24) is 4.90 Å². The van der Waals surface area contributed by atoms with Gasteiger partial charge < -0.3 is 9.64 Å². The van der Waals surface area contributed by atoms with Crippen LogP contribution in [0, 0.1) is 5.82 Å². The molecule has 0 radical (unpaired) electrons. The number of hydrogen-bond acceptors (Lipinski definition) is 4. The number of fused-ring (bicyclic) bond motifs is 1. The van der Waals surface area contributed by atoms with Gasteiger partial charge in [-0.2, -0.15) is 13.2 Å². The smallest absolute Gasteiger partial charge is 0.416 e. The van der Waals surface area contributed by atoms with Gasteiger partial charge in [0, 0.05) is 25.1 Å². The first-order valence-corrected chi connectivity index (χ1v) is 15.1. The number of hydrogen-bond donors (Lipinski definition) is 0. The van der Waals surface area contributed by atoms with E-state index in [1.807, 2.05) is 0 Å². The predicted molar refractivity (Wildman–Crippen MR) is 152 cm³/mol. The van der Waals surface area contributed by atoms with E-state index in [1.54, 1.807) is 36.1 Å². The third-order valence-electron chi connectivity index (χ3n) is 7.29. The number of sulfonamides is 1. The van der Waals surface area contributed by atoms with Gasteiger partial charge in [0.1, 0.15) is 17.7 Å². The highest BCUT2D eigenvalue weighted by Crippen LogP contribution is 2.40. The predicted octanol–water partition coefficient (Wildman–Crippen LogP) is 7.03. The number of halogens is 5. The van der Waals surface area contributed by atoms with Crippen LogP contribution in [0.25, 0.3) is 11.6 Å². The molecule has 5 rings (SSSR count). The fraction of sp³-hybridized carbons (Fsp3) is 0.300. The van der Waals surface area contributed by atoms with Gasteiger partial charge in [0.25, 0.3) is 10.0 Å². The summed E-state index contributed by atoms with van der Waals surface area (Å²) in [6.45, 7) is 2.79. The summed E-state index contributed by atoms with van der Waals surface area (Å²) in [4.78, 5) is 13.6. The molecule has 0 N–H and O–H groups in total. The zero-order chi connectivity index (χ0) is 30.2. The van der Waals surface area contributed by atoms with E-state index in [-0.39, 0.29) is 47.3 Å². The quantitative estimate of drug-likeness (QED) is 0.210. The molecule has 1 amide bonds. The molecule has 0 unspecified atom stereocenters. The molecule has 0 aromatic heterocycles. The Morgan fingerprint density at radius 3 is 2.50 bits per heavy atom. The van der Waals surface area contributed by atoms with E-state index >= 15 is 0 Å². The van der Waals surface area contributed by atoms with Crippen molar-refractivity contribution in [1.29, 1.82) is 0 Å². The Morgan fingerprint density at radius 2 is 1.83 bits per heavy atom. The van der Waals surface area contributed by atoms with Crippen molar-refractivity contribution in [2.24, 2.45) is 0 Å². The van der Waals surface area contributed by atoms with E-state index in [9.17, 15) is 30.8 Å². The van der Waals surface area contributed by atoms with Crippen molar-refractivity contribution in [3.63, 3.8) is 0 Å². The summed E-state index contributed by atoms with van der Waals surface area (Å²) >= 11 is 6.21. The van der Waals surface area contributed by atoms with Crippen LogP contribution in [0.3, 0.4) is 0 Å². The normalized spacial score (nSPS) is 17.4. The molecule has 1 fully saturated rings. The van der Waals surface area contributed by atoms with Crippen molar-refractivity contribution in [2.75, 3.05) is 23.9 Å². The van der Waals surface area contributed by atoms with Crippen LogP contribution in [-0.2, 0) is 21.0 Å². The number of allylic oxidation sites excluding steroid dienone is 1.